The number of carbonyl (C=O) groups is 2. The normalized spacial score (nSPS) is 32.4. The second-order valence-electron chi connectivity index (χ2n) is 4.90. The Bertz CT molecular complexity index is 371. The molecule has 0 aromatic carbocycles. The largest absolute Gasteiger partial charge is 0.480 e. The van der Waals surface area contributed by atoms with Gasteiger partial charge in [-0.3, -0.25) is 4.79 Å². The van der Waals surface area contributed by atoms with Crippen LogP contribution in [0.1, 0.15) is 38.5 Å². The lowest BCUT2D eigenvalue weighted by atomic mass is 9.76. The van der Waals surface area contributed by atoms with Gasteiger partial charge in [0.05, 0.1) is 0 Å². The molecule has 4 heteroatoms. The first-order valence-electron chi connectivity index (χ1n) is 6.17. The molecule has 0 aromatic rings. The smallest absolute Gasteiger partial charge is 0.326 e. The van der Waals surface area contributed by atoms with Crippen LogP contribution >= 0.6 is 0 Å². The number of aliphatic carboxylic acids is 1. The van der Waals surface area contributed by atoms with Crippen LogP contribution in [0.3, 0.4) is 0 Å². The summed E-state index contributed by atoms with van der Waals surface area (Å²) in [6.07, 6.45) is 10.8. The highest BCUT2D eigenvalue weighted by atomic mass is 16.4. The number of amides is 1. The first-order chi connectivity index (χ1) is 8.15. The Balaban J connectivity index is 2.25. The topological polar surface area (TPSA) is 57.6 Å². The number of hydrogen-bond acceptors (Lipinski definition) is 2. The fourth-order valence-electron chi connectivity index (χ4n) is 3.24. The number of likely N-dealkylation sites (tertiary alicyclic amines) is 1. The molecule has 1 heterocycles. The van der Waals surface area contributed by atoms with Gasteiger partial charge in [0.1, 0.15) is 6.04 Å². The van der Waals surface area contributed by atoms with E-state index >= 15 is 0 Å². The average Bonchev–Trinajstić information content (AvgIpc) is 2.36. The number of hydrogen-bond donors (Lipinski definition) is 1. The SMILES string of the molecule is C#CC(=O)N1C(C(=O)O)CCC2CCCCC21. The van der Waals surface area contributed by atoms with E-state index in [1.807, 2.05) is 0 Å². The van der Waals surface area contributed by atoms with Crippen LogP contribution in [0.15, 0.2) is 0 Å². The molecular formula is C13H17NO3. The van der Waals surface area contributed by atoms with E-state index in [-0.39, 0.29) is 6.04 Å². The molecule has 1 saturated heterocycles. The van der Waals surface area contributed by atoms with Crippen LogP contribution in [0.2, 0.25) is 0 Å². The van der Waals surface area contributed by atoms with Crippen molar-refractivity contribution in [1.82, 2.24) is 4.90 Å². The highest BCUT2D eigenvalue weighted by Crippen LogP contribution is 2.37. The highest BCUT2D eigenvalue weighted by Gasteiger charge is 2.43. The lowest BCUT2D eigenvalue weighted by Crippen LogP contribution is -2.57. The molecule has 0 bridgehead atoms. The zero-order valence-corrected chi connectivity index (χ0v) is 9.76. The summed E-state index contributed by atoms with van der Waals surface area (Å²) in [6.45, 7) is 0. The van der Waals surface area contributed by atoms with Crippen molar-refractivity contribution in [3.63, 3.8) is 0 Å². The van der Waals surface area contributed by atoms with E-state index in [1.54, 1.807) is 0 Å². The fraction of sp³-hybridized carbons (Fsp3) is 0.692. The molecule has 2 fully saturated rings. The maximum absolute atomic E-state index is 11.8. The Morgan fingerprint density at radius 1 is 1.18 bits per heavy atom. The summed E-state index contributed by atoms with van der Waals surface area (Å²) in [7, 11) is 0. The van der Waals surface area contributed by atoms with E-state index in [2.05, 4.69) is 5.92 Å². The van der Waals surface area contributed by atoms with Crippen LogP contribution in [-0.2, 0) is 9.59 Å². The summed E-state index contributed by atoms with van der Waals surface area (Å²) in [5.41, 5.74) is 0. The Morgan fingerprint density at radius 2 is 1.88 bits per heavy atom. The van der Waals surface area contributed by atoms with Crippen molar-refractivity contribution in [2.45, 2.75) is 50.6 Å². The number of rotatable bonds is 1. The third kappa shape index (κ3) is 2.14. The third-order valence-electron chi connectivity index (χ3n) is 4.02. The van der Waals surface area contributed by atoms with Crippen LogP contribution in [0.4, 0.5) is 0 Å². The van der Waals surface area contributed by atoms with Gasteiger partial charge < -0.3 is 10.0 Å². The van der Waals surface area contributed by atoms with Gasteiger partial charge in [-0.05, 0) is 37.5 Å². The number of piperidine rings is 1. The second kappa shape index (κ2) is 4.79. The number of carbonyl (C=O) groups excluding carboxylic acids is 1. The number of carboxylic acids is 1. The van der Waals surface area contributed by atoms with Gasteiger partial charge in [0.15, 0.2) is 0 Å². The van der Waals surface area contributed by atoms with Crippen LogP contribution in [0.25, 0.3) is 0 Å². The van der Waals surface area contributed by atoms with Crippen LogP contribution in [0.5, 0.6) is 0 Å². The minimum Gasteiger partial charge on any atom is -0.480 e. The summed E-state index contributed by atoms with van der Waals surface area (Å²) in [6, 6.07) is -0.681. The molecule has 0 spiro atoms. The van der Waals surface area contributed by atoms with Crippen molar-refractivity contribution in [3.8, 4) is 12.3 Å². The Kier molecular flexibility index (Phi) is 3.37. The molecule has 0 radical (unpaired) electrons. The third-order valence-corrected chi connectivity index (χ3v) is 4.02. The van der Waals surface area contributed by atoms with Crippen LogP contribution in [-0.4, -0.2) is 34.0 Å². The minimum absolute atomic E-state index is 0.0437. The molecule has 1 N–H and O–H groups in total. The van der Waals surface area contributed by atoms with Gasteiger partial charge in [-0.25, -0.2) is 4.79 Å². The molecule has 1 saturated carbocycles. The summed E-state index contributed by atoms with van der Waals surface area (Å²) in [4.78, 5) is 24.4. The van der Waals surface area contributed by atoms with Gasteiger partial charge in [-0.15, -0.1) is 6.42 Å². The highest BCUT2D eigenvalue weighted by molar-refractivity contribution is 5.96. The minimum atomic E-state index is -0.933. The van der Waals surface area contributed by atoms with Crippen molar-refractivity contribution < 1.29 is 14.7 Å². The Hall–Kier alpha value is -1.50. The number of terminal acetylenes is 1. The molecular weight excluding hydrogens is 218 g/mol. The number of carboxylic acid groups (broad SMARTS) is 1. The van der Waals surface area contributed by atoms with E-state index in [0.29, 0.717) is 12.3 Å². The molecule has 0 aromatic heterocycles. The second-order valence-corrected chi connectivity index (χ2v) is 4.90. The predicted octanol–water partition coefficient (Wildman–Crippen LogP) is 1.25. The zero-order chi connectivity index (χ0) is 12.4. The molecule has 17 heavy (non-hydrogen) atoms. The monoisotopic (exact) mass is 235 g/mol. The van der Waals surface area contributed by atoms with E-state index in [9.17, 15) is 14.7 Å². The average molecular weight is 235 g/mol. The molecule has 1 aliphatic heterocycles. The molecule has 4 nitrogen and oxygen atoms in total. The lowest BCUT2D eigenvalue weighted by molar-refractivity contribution is -0.155. The first-order valence-corrected chi connectivity index (χ1v) is 6.17. The maximum atomic E-state index is 11.8. The first kappa shape index (κ1) is 12.0. The van der Waals surface area contributed by atoms with E-state index in [4.69, 9.17) is 6.42 Å². The predicted molar refractivity (Wildman–Crippen MR) is 62.1 cm³/mol. The number of fused-ring (bicyclic) bond motifs is 1. The molecule has 3 atom stereocenters. The molecule has 2 rings (SSSR count). The quantitative estimate of drug-likeness (QED) is 0.696. The van der Waals surface area contributed by atoms with E-state index < -0.39 is 17.9 Å². The van der Waals surface area contributed by atoms with E-state index in [0.717, 1.165) is 25.7 Å². The van der Waals surface area contributed by atoms with Crippen molar-refractivity contribution in [2.24, 2.45) is 5.92 Å². The summed E-state index contributed by atoms with van der Waals surface area (Å²) < 4.78 is 0. The summed E-state index contributed by atoms with van der Waals surface area (Å²) in [5.74, 6) is 1.12. The zero-order valence-electron chi connectivity index (χ0n) is 9.76. The summed E-state index contributed by atoms with van der Waals surface area (Å²) in [5, 5.41) is 9.18. The summed E-state index contributed by atoms with van der Waals surface area (Å²) >= 11 is 0. The van der Waals surface area contributed by atoms with Crippen molar-refractivity contribution in [2.75, 3.05) is 0 Å². The molecule has 1 amide bonds. The number of nitrogens with zero attached hydrogens (tertiary/aromatic N) is 1. The molecule has 2 aliphatic rings. The molecule has 1 aliphatic carbocycles. The standard InChI is InChI=1S/C13H17NO3/c1-2-12(15)14-10-6-4-3-5-9(10)7-8-11(14)13(16)17/h1,9-11H,3-8H2,(H,16,17). The van der Waals surface area contributed by atoms with E-state index in [1.165, 1.54) is 11.3 Å². The van der Waals surface area contributed by atoms with Crippen molar-refractivity contribution >= 4 is 11.9 Å². The Labute approximate surface area is 101 Å². The van der Waals surface area contributed by atoms with Crippen LogP contribution < -0.4 is 0 Å². The van der Waals surface area contributed by atoms with Crippen LogP contribution in [0, 0.1) is 18.3 Å². The van der Waals surface area contributed by atoms with Gasteiger partial charge in [0, 0.05) is 6.04 Å². The fourth-order valence-corrected chi connectivity index (χ4v) is 3.24. The van der Waals surface area contributed by atoms with Gasteiger partial charge in [-0.2, -0.15) is 0 Å². The molecule has 92 valence electrons. The van der Waals surface area contributed by atoms with Gasteiger partial charge in [0.25, 0.3) is 5.91 Å². The van der Waals surface area contributed by atoms with Gasteiger partial charge >= 0.3 is 5.97 Å². The van der Waals surface area contributed by atoms with Gasteiger partial charge in [-0.1, -0.05) is 12.8 Å². The maximum Gasteiger partial charge on any atom is 0.326 e. The molecule has 3 unspecified atom stereocenters. The van der Waals surface area contributed by atoms with Gasteiger partial charge in [0.2, 0.25) is 0 Å². The van der Waals surface area contributed by atoms with Crippen molar-refractivity contribution in [1.29, 1.82) is 0 Å². The Morgan fingerprint density at radius 3 is 2.53 bits per heavy atom. The lowest BCUT2D eigenvalue weighted by Gasteiger charge is -2.46. The van der Waals surface area contributed by atoms with Crippen molar-refractivity contribution in [3.05, 3.63) is 0 Å².